The number of ether oxygens (including phenoxy) is 1. The lowest BCUT2D eigenvalue weighted by Crippen LogP contribution is -2.25. The smallest absolute Gasteiger partial charge is 0.120 e. The predicted molar refractivity (Wildman–Crippen MR) is 87.9 cm³/mol. The number of hydrogen-bond donors (Lipinski definition) is 1. The minimum atomic E-state index is 0.720. The lowest BCUT2D eigenvalue weighted by Gasteiger charge is -2.11. The highest BCUT2D eigenvalue weighted by molar-refractivity contribution is 5.81. The van der Waals surface area contributed by atoms with E-state index in [1.165, 1.54) is 43.1 Å². The second kappa shape index (κ2) is 6.99. The molecule has 0 saturated heterocycles. The topological polar surface area (TPSA) is 26.2 Å². The molecule has 3 rings (SSSR count). The highest BCUT2D eigenvalue weighted by Gasteiger charge is 2.13. The average molecular weight is 286 g/mol. The van der Waals surface area contributed by atoms with Crippen LogP contribution in [0.25, 0.3) is 10.9 Å². The first-order valence-electron chi connectivity index (χ1n) is 8.29. The molecule has 0 amide bonds. The summed E-state index contributed by atoms with van der Waals surface area (Å²) < 4.78 is 7.88. The minimum Gasteiger partial charge on any atom is -0.494 e. The molecule has 3 nitrogen and oxygen atoms in total. The van der Waals surface area contributed by atoms with Crippen molar-refractivity contribution in [3.8, 4) is 5.75 Å². The summed E-state index contributed by atoms with van der Waals surface area (Å²) in [5.41, 5.74) is 1.29. The van der Waals surface area contributed by atoms with Crippen LogP contribution in [-0.2, 0) is 6.54 Å². The van der Waals surface area contributed by atoms with Crippen LogP contribution in [0.2, 0.25) is 0 Å². The van der Waals surface area contributed by atoms with E-state index in [0.29, 0.717) is 0 Å². The van der Waals surface area contributed by atoms with E-state index >= 15 is 0 Å². The van der Waals surface area contributed by atoms with Gasteiger partial charge in [0.2, 0.25) is 0 Å². The van der Waals surface area contributed by atoms with Crippen LogP contribution in [0.15, 0.2) is 30.5 Å². The number of nitrogens with zero attached hydrogens (tertiary/aromatic N) is 1. The SMILES string of the molecule is CCOc1ccc2c(ccn2CCNCC2CCCC2)c1. The van der Waals surface area contributed by atoms with Crippen LogP contribution in [0, 0.1) is 5.92 Å². The molecule has 0 atom stereocenters. The Morgan fingerprint density at radius 2 is 2.10 bits per heavy atom. The van der Waals surface area contributed by atoms with Crippen molar-refractivity contribution in [2.45, 2.75) is 39.2 Å². The predicted octanol–water partition coefficient (Wildman–Crippen LogP) is 3.82. The molecule has 0 aliphatic heterocycles. The Kier molecular flexibility index (Phi) is 4.81. The van der Waals surface area contributed by atoms with Crippen molar-refractivity contribution in [1.82, 2.24) is 9.88 Å². The highest BCUT2D eigenvalue weighted by Crippen LogP contribution is 2.24. The lowest BCUT2D eigenvalue weighted by molar-refractivity contribution is 0.340. The quantitative estimate of drug-likeness (QED) is 0.783. The molecule has 1 N–H and O–H groups in total. The van der Waals surface area contributed by atoms with Gasteiger partial charge in [-0.3, -0.25) is 0 Å². The highest BCUT2D eigenvalue weighted by atomic mass is 16.5. The van der Waals surface area contributed by atoms with Crippen molar-refractivity contribution < 1.29 is 4.74 Å². The van der Waals surface area contributed by atoms with Gasteiger partial charge in [-0.05, 0) is 56.5 Å². The average Bonchev–Trinajstić information content (AvgIpc) is 3.13. The van der Waals surface area contributed by atoms with Crippen LogP contribution in [0.1, 0.15) is 32.6 Å². The number of nitrogens with one attached hydrogen (secondary N) is 1. The van der Waals surface area contributed by atoms with Crippen LogP contribution in [0.4, 0.5) is 0 Å². The van der Waals surface area contributed by atoms with Gasteiger partial charge in [-0.25, -0.2) is 0 Å². The standard InChI is InChI=1S/C18H26N2O/c1-2-21-17-7-8-18-16(13-17)9-11-20(18)12-10-19-14-15-5-3-4-6-15/h7-9,11,13,15,19H,2-6,10,12,14H2,1H3. The first-order chi connectivity index (χ1) is 10.4. The van der Waals surface area contributed by atoms with Crippen molar-refractivity contribution >= 4 is 10.9 Å². The van der Waals surface area contributed by atoms with Crippen LogP contribution >= 0.6 is 0 Å². The van der Waals surface area contributed by atoms with Gasteiger partial charge in [0.05, 0.1) is 6.61 Å². The fourth-order valence-electron chi connectivity index (χ4n) is 3.35. The first-order valence-corrected chi connectivity index (χ1v) is 8.29. The lowest BCUT2D eigenvalue weighted by atomic mass is 10.1. The molecule has 1 aromatic heterocycles. The van der Waals surface area contributed by atoms with E-state index in [4.69, 9.17) is 4.74 Å². The maximum atomic E-state index is 5.56. The van der Waals surface area contributed by atoms with E-state index in [-0.39, 0.29) is 0 Å². The van der Waals surface area contributed by atoms with Crippen molar-refractivity contribution in [3.05, 3.63) is 30.5 Å². The van der Waals surface area contributed by atoms with Gasteiger partial charge in [0.15, 0.2) is 0 Å². The van der Waals surface area contributed by atoms with Crippen molar-refractivity contribution in [2.24, 2.45) is 5.92 Å². The molecular formula is C18H26N2O. The Morgan fingerprint density at radius 1 is 1.24 bits per heavy atom. The molecule has 0 bridgehead atoms. The van der Waals surface area contributed by atoms with Crippen LogP contribution in [0.3, 0.4) is 0 Å². The Labute approximate surface area is 127 Å². The second-order valence-corrected chi connectivity index (χ2v) is 6.02. The van der Waals surface area contributed by atoms with E-state index < -0.39 is 0 Å². The van der Waals surface area contributed by atoms with Crippen molar-refractivity contribution in [1.29, 1.82) is 0 Å². The van der Waals surface area contributed by atoms with E-state index in [9.17, 15) is 0 Å². The molecule has 3 heteroatoms. The van der Waals surface area contributed by atoms with Gasteiger partial charge in [0, 0.05) is 30.2 Å². The fraction of sp³-hybridized carbons (Fsp3) is 0.556. The Morgan fingerprint density at radius 3 is 2.90 bits per heavy atom. The maximum Gasteiger partial charge on any atom is 0.120 e. The van der Waals surface area contributed by atoms with Gasteiger partial charge in [-0.15, -0.1) is 0 Å². The van der Waals surface area contributed by atoms with Crippen LogP contribution in [0.5, 0.6) is 5.75 Å². The summed E-state index contributed by atoms with van der Waals surface area (Å²) in [6.45, 7) is 6.01. The molecule has 0 radical (unpaired) electrons. The number of aromatic nitrogens is 1. The molecule has 114 valence electrons. The largest absolute Gasteiger partial charge is 0.494 e. The Balaban J connectivity index is 1.54. The van der Waals surface area contributed by atoms with E-state index in [0.717, 1.165) is 31.4 Å². The third kappa shape index (κ3) is 3.59. The van der Waals surface area contributed by atoms with Crippen LogP contribution < -0.4 is 10.1 Å². The molecule has 21 heavy (non-hydrogen) atoms. The zero-order valence-electron chi connectivity index (χ0n) is 13.0. The summed E-state index contributed by atoms with van der Waals surface area (Å²) in [6, 6.07) is 8.53. The third-order valence-electron chi connectivity index (χ3n) is 4.49. The maximum absolute atomic E-state index is 5.56. The van der Waals surface area contributed by atoms with Gasteiger partial charge in [-0.2, -0.15) is 0 Å². The minimum absolute atomic E-state index is 0.720. The summed E-state index contributed by atoms with van der Waals surface area (Å²) in [7, 11) is 0. The molecule has 1 fully saturated rings. The van der Waals surface area contributed by atoms with Gasteiger partial charge < -0.3 is 14.6 Å². The summed E-state index contributed by atoms with van der Waals surface area (Å²) >= 11 is 0. The summed E-state index contributed by atoms with van der Waals surface area (Å²) in [4.78, 5) is 0. The van der Waals surface area contributed by atoms with Crippen LogP contribution in [-0.4, -0.2) is 24.3 Å². The van der Waals surface area contributed by atoms with Gasteiger partial charge in [0.1, 0.15) is 5.75 Å². The Hall–Kier alpha value is -1.48. The molecule has 0 unspecified atom stereocenters. The molecule has 1 heterocycles. The molecule has 1 aliphatic rings. The molecule has 2 aromatic rings. The zero-order chi connectivity index (χ0) is 14.5. The van der Waals surface area contributed by atoms with E-state index in [1.807, 2.05) is 6.92 Å². The van der Waals surface area contributed by atoms with E-state index in [1.54, 1.807) is 0 Å². The fourth-order valence-corrected chi connectivity index (χ4v) is 3.35. The molecule has 1 aromatic carbocycles. The number of fused-ring (bicyclic) bond motifs is 1. The third-order valence-corrected chi connectivity index (χ3v) is 4.49. The molecule has 0 spiro atoms. The Bertz CT molecular complexity index is 570. The van der Waals surface area contributed by atoms with E-state index in [2.05, 4.69) is 40.3 Å². The normalized spacial score (nSPS) is 15.9. The van der Waals surface area contributed by atoms with Gasteiger partial charge in [-0.1, -0.05) is 12.8 Å². The summed E-state index contributed by atoms with van der Waals surface area (Å²) in [5, 5.41) is 4.88. The van der Waals surface area contributed by atoms with Crippen molar-refractivity contribution in [3.63, 3.8) is 0 Å². The summed E-state index contributed by atoms with van der Waals surface area (Å²) in [5.74, 6) is 1.88. The monoisotopic (exact) mass is 286 g/mol. The second-order valence-electron chi connectivity index (χ2n) is 6.02. The van der Waals surface area contributed by atoms with Gasteiger partial charge in [0.25, 0.3) is 0 Å². The van der Waals surface area contributed by atoms with Gasteiger partial charge >= 0.3 is 0 Å². The first kappa shape index (κ1) is 14.5. The van der Waals surface area contributed by atoms with Crippen molar-refractivity contribution in [2.75, 3.05) is 19.7 Å². The summed E-state index contributed by atoms with van der Waals surface area (Å²) in [6.07, 6.45) is 7.87. The number of benzene rings is 1. The molecular weight excluding hydrogens is 260 g/mol. The molecule has 1 aliphatic carbocycles. The zero-order valence-corrected chi connectivity index (χ0v) is 13.0. The number of hydrogen-bond acceptors (Lipinski definition) is 2. The number of rotatable bonds is 7. The molecule has 1 saturated carbocycles.